The molecule has 2 aromatic rings. The lowest BCUT2D eigenvalue weighted by Gasteiger charge is -2.13. The number of carboxylic acids is 2. The second kappa shape index (κ2) is 5.84. The summed E-state index contributed by atoms with van der Waals surface area (Å²) < 4.78 is 1.91. The first-order chi connectivity index (χ1) is 10.3. The minimum atomic E-state index is -1.26. The summed E-state index contributed by atoms with van der Waals surface area (Å²) >= 11 is 0. The van der Waals surface area contributed by atoms with Crippen molar-refractivity contribution in [1.29, 1.82) is 0 Å². The highest BCUT2D eigenvalue weighted by Crippen LogP contribution is 2.09. The maximum absolute atomic E-state index is 12.2. The second-order valence-corrected chi connectivity index (χ2v) is 4.83. The maximum Gasteiger partial charge on any atom is 0.332 e. The van der Waals surface area contributed by atoms with E-state index in [1.165, 1.54) is 13.4 Å². The molecule has 1 unspecified atom stereocenters. The van der Waals surface area contributed by atoms with Crippen molar-refractivity contribution in [2.24, 2.45) is 13.0 Å². The zero-order valence-corrected chi connectivity index (χ0v) is 11.6. The number of imidazole rings is 1. The fraction of sp³-hybridized carbons (Fsp3) is 0.417. The Bertz CT molecular complexity index is 845. The topological polar surface area (TPSA) is 147 Å². The number of aromatic nitrogens is 4. The van der Waals surface area contributed by atoms with Gasteiger partial charge in [0.15, 0.2) is 5.65 Å². The molecule has 0 amide bonds. The predicted molar refractivity (Wildman–Crippen MR) is 73.6 cm³/mol. The van der Waals surface area contributed by atoms with Crippen molar-refractivity contribution in [3.05, 3.63) is 27.2 Å². The van der Waals surface area contributed by atoms with E-state index in [1.807, 2.05) is 0 Å². The summed E-state index contributed by atoms with van der Waals surface area (Å²) in [4.78, 5) is 52.6. The smallest absolute Gasteiger partial charge is 0.332 e. The molecule has 0 saturated carbocycles. The lowest BCUT2D eigenvalue weighted by molar-refractivity contribution is -0.143. The summed E-state index contributed by atoms with van der Waals surface area (Å²) in [6.07, 6.45) is 0.717. The van der Waals surface area contributed by atoms with Gasteiger partial charge in [0.2, 0.25) is 0 Å². The fourth-order valence-corrected chi connectivity index (χ4v) is 2.16. The first-order valence-electron chi connectivity index (χ1n) is 6.40. The largest absolute Gasteiger partial charge is 0.481 e. The monoisotopic (exact) mass is 310 g/mol. The second-order valence-electron chi connectivity index (χ2n) is 4.83. The number of aromatic amines is 1. The van der Waals surface area contributed by atoms with Crippen LogP contribution in [0.15, 0.2) is 15.9 Å². The molecule has 0 aliphatic rings. The molecule has 22 heavy (non-hydrogen) atoms. The molecule has 2 aromatic heterocycles. The van der Waals surface area contributed by atoms with Crippen molar-refractivity contribution < 1.29 is 19.8 Å². The van der Waals surface area contributed by atoms with E-state index in [-0.39, 0.29) is 24.0 Å². The Morgan fingerprint density at radius 2 is 2.05 bits per heavy atom. The van der Waals surface area contributed by atoms with Gasteiger partial charge in [-0.2, -0.15) is 0 Å². The van der Waals surface area contributed by atoms with Crippen LogP contribution in [-0.2, 0) is 23.2 Å². The molecule has 2 heterocycles. The normalized spacial score (nSPS) is 12.4. The highest BCUT2D eigenvalue weighted by atomic mass is 16.4. The van der Waals surface area contributed by atoms with Gasteiger partial charge in [-0.3, -0.25) is 23.5 Å². The van der Waals surface area contributed by atoms with Crippen molar-refractivity contribution >= 4 is 23.1 Å². The van der Waals surface area contributed by atoms with E-state index in [4.69, 9.17) is 10.2 Å². The van der Waals surface area contributed by atoms with Crippen molar-refractivity contribution in [1.82, 2.24) is 19.1 Å². The Hall–Kier alpha value is -2.91. The maximum atomic E-state index is 12.2. The van der Waals surface area contributed by atoms with Crippen LogP contribution in [-0.4, -0.2) is 41.3 Å². The summed E-state index contributed by atoms with van der Waals surface area (Å²) in [7, 11) is 1.41. The van der Waals surface area contributed by atoms with Gasteiger partial charge in [0, 0.05) is 20.0 Å². The SMILES string of the molecule is Cn1c(=O)n(CC(CCC(=O)O)C(=O)O)c(=O)c2[nH]cnc21. The molecule has 0 aromatic carbocycles. The minimum absolute atomic E-state index is 0.0875. The van der Waals surface area contributed by atoms with E-state index >= 15 is 0 Å². The molecule has 1 atom stereocenters. The van der Waals surface area contributed by atoms with Crippen molar-refractivity contribution in [3.8, 4) is 0 Å². The Kier molecular flexibility index (Phi) is 4.11. The molecule has 118 valence electrons. The van der Waals surface area contributed by atoms with Crippen LogP contribution in [0.5, 0.6) is 0 Å². The highest BCUT2D eigenvalue weighted by Gasteiger charge is 2.23. The van der Waals surface area contributed by atoms with Gasteiger partial charge in [0.25, 0.3) is 5.56 Å². The van der Waals surface area contributed by atoms with Crippen LogP contribution in [0.1, 0.15) is 12.8 Å². The van der Waals surface area contributed by atoms with Crippen LogP contribution >= 0.6 is 0 Å². The number of hydrogen-bond acceptors (Lipinski definition) is 5. The summed E-state index contributed by atoms with van der Waals surface area (Å²) in [5.74, 6) is -3.56. The molecule has 3 N–H and O–H groups in total. The van der Waals surface area contributed by atoms with E-state index in [1.54, 1.807) is 0 Å². The number of H-pyrrole nitrogens is 1. The average molecular weight is 310 g/mol. The molecule has 0 aliphatic heterocycles. The Morgan fingerprint density at radius 1 is 1.36 bits per heavy atom. The number of carbonyl (C=O) groups is 2. The number of aryl methyl sites for hydroxylation is 1. The number of rotatable bonds is 6. The molecular weight excluding hydrogens is 296 g/mol. The summed E-state index contributed by atoms with van der Waals surface area (Å²) in [5.41, 5.74) is -1.13. The molecule has 0 bridgehead atoms. The third kappa shape index (κ3) is 2.75. The van der Waals surface area contributed by atoms with E-state index < -0.39 is 35.7 Å². The summed E-state index contributed by atoms with van der Waals surface area (Å²) in [6, 6.07) is 0. The number of fused-ring (bicyclic) bond motifs is 1. The standard InChI is InChI=1S/C12H14N4O6/c1-15-9-8(13-5-14-9)10(19)16(12(15)22)4-6(11(20)21)2-3-7(17)18/h5-6H,2-4H2,1H3,(H,13,14)(H,17,18)(H,20,21). The van der Waals surface area contributed by atoms with Gasteiger partial charge >= 0.3 is 17.6 Å². The quantitative estimate of drug-likeness (QED) is 0.619. The van der Waals surface area contributed by atoms with Crippen LogP contribution < -0.4 is 11.2 Å². The van der Waals surface area contributed by atoms with Crippen LogP contribution in [0.25, 0.3) is 11.2 Å². The van der Waals surface area contributed by atoms with Crippen molar-refractivity contribution in [2.75, 3.05) is 0 Å². The number of carboxylic acid groups (broad SMARTS) is 2. The molecule has 0 spiro atoms. The van der Waals surface area contributed by atoms with Crippen LogP contribution in [0, 0.1) is 5.92 Å². The number of aliphatic carboxylic acids is 2. The van der Waals surface area contributed by atoms with Gasteiger partial charge in [-0.25, -0.2) is 9.78 Å². The number of hydrogen-bond donors (Lipinski definition) is 3. The number of nitrogens with one attached hydrogen (secondary N) is 1. The average Bonchev–Trinajstić information content (AvgIpc) is 2.93. The summed E-state index contributed by atoms with van der Waals surface area (Å²) in [6.45, 7) is -0.400. The number of nitrogens with zero attached hydrogens (tertiary/aromatic N) is 3. The van der Waals surface area contributed by atoms with Crippen LogP contribution in [0.3, 0.4) is 0 Å². The Labute approximate surface area is 122 Å². The molecule has 10 nitrogen and oxygen atoms in total. The van der Waals surface area contributed by atoms with E-state index in [0.29, 0.717) is 0 Å². The van der Waals surface area contributed by atoms with Gasteiger partial charge in [-0.15, -0.1) is 0 Å². The lowest BCUT2D eigenvalue weighted by atomic mass is 10.0. The predicted octanol–water partition coefficient (Wildman–Crippen LogP) is -1.01. The zero-order valence-electron chi connectivity index (χ0n) is 11.6. The first-order valence-corrected chi connectivity index (χ1v) is 6.40. The highest BCUT2D eigenvalue weighted by molar-refractivity contribution is 5.72. The Morgan fingerprint density at radius 3 is 2.64 bits per heavy atom. The first kappa shape index (κ1) is 15.5. The molecule has 0 saturated heterocycles. The fourth-order valence-electron chi connectivity index (χ4n) is 2.16. The van der Waals surface area contributed by atoms with E-state index in [9.17, 15) is 19.2 Å². The zero-order chi connectivity index (χ0) is 16.4. The molecule has 2 rings (SSSR count). The minimum Gasteiger partial charge on any atom is -0.481 e. The molecule has 10 heteroatoms. The van der Waals surface area contributed by atoms with Crippen molar-refractivity contribution in [2.45, 2.75) is 19.4 Å². The van der Waals surface area contributed by atoms with Crippen molar-refractivity contribution in [3.63, 3.8) is 0 Å². The third-order valence-corrected chi connectivity index (χ3v) is 3.37. The molecule has 0 aliphatic carbocycles. The van der Waals surface area contributed by atoms with E-state index in [2.05, 4.69) is 9.97 Å². The van der Waals surface area contributed by atoms with Gasteiger partial charge < -0.3 is 15.2 Å². The Balaban J connectivity index is 2.45. The van der Waals surface area contributed by atoms with Gasteiger partial charge in [0.05, 0.1) is 12.2 Å². The molecule has 0 fully saturated rings. The van der Waals surface area contributed by atoms with Crippen LogP contribution in [0.4, 0.5) is 0 Å². The molecular formula is C12H14N4O6. The van der Waals surface area contributed by atoms with Gasteiger partial charge in [0.1, 0.15) is 5.52 Å². The van der Waals surface area contributed by atoms with E-state index in [0.717, 1.165) is 9.13 Å². The molecule has 0 radical (unpaired) electrons. The van der Waals surface area contributed by atoms with Crippen LogP contribution in [0.2, 0.25) is 0 Å². The van der Waals surface area contributed by atoms with Gasteiger partial charge in [-0.1, -0.05) is 0 Å². The van der Waals surface area contributed by atoms with Gasteiger partial charge in [-0.05, 0) is 6.42 Å². The lowest BCUT2D eigenvalue weighted by Crippen LogP contribution is -2.41. The third-order valence-electron chi connectivity index (χ3n) is 3.37. The summed E-state index contributed by atoms with van der Waals surface area (Å²) in [5, 5.41) is 17.8.